The Kier molecular flexibility index (Phi) is 4.86. The van der Waals surface area contributed by atoms with Gasteiger partial charge in [-0.05, 0) is 30.9 Å². The van der Waals surface area contributed by atoms with Crippen molar-refractivity contribution >= 4 is 27.1 Å². The Hall–Kier alpha value is -0.880. The Morgan fingerprint density at radius 3 is 2.70 bits per heavy atom. The van der Waals surface area contributed by atoms with E-state index in [2.05, 4.69) is 0 Å². The molecule has 1 saturated heterocycles. The van der Waals surface area contributed by atoms with Crippen molar-refractivity contribution in [2.75, 3.05) is 23.9 Å². The lowest BCUT2D eigenvalue weighted by molar-refractivity contribution is 0.235. The lowest BCUT2D eigenvalue weighted by Gasteiger charge is -2.21. The molecule has 1 fully saturated rings. The van der Waals surface area contributed by atoms with Crippen LogP contribution in [-0.4, -0.2) is 33.1 Å². The summed E-state index contributed by atoms with van der Waals surface area (Å²) in [6.07, 6.45) is 1.75. The minimum absolute atomic E-state index is 0.290. The molecule has 1 aliphatic heterocycles. The van der Waals surface area contributed by atoms with Gasteiger partial charge in [-0.1, -0.05) is 12.1 Å². The summed E-state index contributed by atoms with van der Waals surface area (Å²) in [5.74, 6) is -2.46. The van der Waals surface area contributed by atoms with Crippen LogP contribution in [0.25, 0.3) is 0 Å². The van der Waals surface area contributed by atoms with Gasteiger partial charge in [0.15, 0.2) is 0 Å². The Morgan fingerprint density at radius 2 is 2.05 bits per heavy atom. The molecule has 1 aliphatic rings. The molecule has 0 radical (unpaired) electrons. The van der Waals surface area contributed by atoms with Gasteiger partial charge in [-0.25, -0.2) is 8.42 Å². The second kappa shape index (κ2) is 6.26. The number of hydrogen-bond acceptors (Lipinski definition) is 3. The number of nitrogens with zero attached hydrogens (tertiary/aromatic N) is 1. The molecular formula is C13H16ClF2NO2S. The molecule has 1 atom stereocenters. The Labute approximate surface area is 122 Å². The van der Waals surface area contributed by atoms with Crippen LogP contribution in [0.5, 0.6) is 0 Å². The predicted octanol–water partition coefficient (Wildman–Crippen LogP) is 3.14. The van der Waals surface area contributed by atoms with Gasteiger partial charge in [-0.3, -0.25) is 0 Å². The predicted molar refractivity (Wildman–Crippen MR) is 75.3 cm³/mol. The monoisotopic (exact) mass is 323 g/mol. The normalized spacial score (nSPS) is 19.8. The van der Waals surface area contributed by atoms with E-state index in [-0.39, 0.29) is 4.90 Å². The van der Waals surface area contributed by atoms with Gasteiger partial charge in [0.2, 0.25) is 9.84 Å². The van der Waals surface area contributed by atoms with Gasteiger partial charge in [-0.2, -0.15) is 8.78 Å². The molecular weight excluding hydrogens is 308 g/mol. The third-order valence-electron chi connectivity index (χ3n) is 3.55. The summed E-state index contributed by atoms with van der Waals surface area (Å²) in [7, 11) is -4.58. The van der Waals surface area contributed by atoms with Crippen LogP contribution < -0.4 is 4.90 Å². The number of hydrogen-bond donors (Lipinski definition) is 0. The van der Waals surface area contributed by atoms with E-state index in [1.54, 1.807) is 12.1 Å². The van der Waals surface area contributed by atoms with Crippen LogP contribution in [0.15, 0.2) is 29.2 Å². The molecule has 0 N–H and O–H groups in total. The van der Waals surface area contributed by atoms with Crippen molar-refractivity contribution in [3.05, 3.63) is 24.3 Å². The molecule has 0 aliphatic carbocycles. The van der Waals surface area contributed by atoms with E-state index in [1.807, 2.05) is 4.90 Å². The highest BCUT2D eigenvalue weighted by Crippen LogP contribution is 2.33. The number of para-hydroxylation sites is 1. The number of rotatable bonds is 5. The van der Waals surface area contributed by atoms with Crippen LogP contribution in [0.2, 0.25) is 0 Å². The van der Waals surface area contributed by atoms with Gasteiger partial charge in [0.05, 0.1) is 10.6 Å². The summed E-state index contributed by atoms with van der Waals surface area (Å²) in [6.45, 7) is 1.32. The topological polar surface area (TPSA) is 37.4 Å². The van der Waals surface area contributed by atoms with Crippen LogP contribution in [0.4, 0.5) is 14.5 Å². The highest BCUT2D eigenvalue weighted by atomic mass is 35.5. The molecule has 112 valence electrons. The summed E-state index contributed by atoms with van der Waals surface area (Å²) in [4.78, 5) is 1.56. The molecule has 2 rings (SSSR count). The first kappa shape index (κ1) is 15.5. The average Bonchev–Trinajstić information content (AvgIpc) is 2.87. The fraction of sp³-hybridized carbons (Fsp3) is 0.538. The van der Waals surface area contributed by atoms with E-state index in [4.69, 9.17) is 11.6 Å². The van der Waals surface area contributed by atoms with Gasteiger partial charge in [-0.15, -0.1) is 11.6 Å². The molecule has 7 heteroatoms. The first-order valence-corrected chi connectivity index (χ1v) is 8.47. The second-order valence-electron chi connectivity index (χ2n) is 4.85. The van der Waals surface area contributed by atoms with E-state index in [1.165, 1.54) is 12.1 Å². The van der Waals surface area contributed by atoms with Crippen molar-refractivity contribution in [2.45, 2.75) is 23.5 Å². The number of halogens is 3. The fourth-order valence-corrected chi connectivity index (χ4v) is 3.75. The summed E-state index contributed by atoms with van der Waals surface area (Å²) < 4.78 is 48.9. The number of benzene rings is 1. The minimum atomic E-state index is -4.58. The van der Waals surface area contributed by atoms with E-state index >= 15 is 0 Å². The molecule has 1 aromatic carbocycles. The highest BCUT2D eigenvalue weighted by molar-refractivity contribution is 7.91. The summed E-state index contributed by atoms with van der Waals surface area (Å²) in [6, 6.07) is 5.95. The van der Waals surface area contributed by atoms with Crippen molar-refractivity contribution in [2.24, 2.45) is 5.92 Å². The maximum atomic E-state index is 12.7. The van der Waals surface area contributed by atoms with E-state index in [0.29, 0.717) is 30.6 Å². The maximum Gasteiger partial charge on any atom is 0.341 e. The van der Waals surface area contributed by atoms with E-state index < -0.39 is 15.6 Å². The van der Waals surface area contributed by atoms with Crippen LogP contribution in [0, 0.1) is 5.92 Å². The van der Waals surface area contributed by atoms with Gasteiger partial charge in [0.25, 0.3) is 0 Å². The standard InChI is InChI=1S/C13H16ClF2NO2S/c14-7-5-10-6-8-17(9-10)11-3-1-2-4-12(11)20(18,19)13(15)16/h1-4,10,13H,5-9H2. The van der Waals surface area contributed by atoms with Gasteiger partial charge >= 0.3 is 5.76 Å². The lowest BCUT2D eigenvalue weighted by atomic mass is 10.1. The van der Waals surface area contributed by atoms with E-state index in [9.17, 15) is 17.2 Å². The van der Waals surface area contributed by atoms with Crippen LogP contribution >= 0.6 is 11.6 Å². The zero-order valence-corrected chi connectivity index (χ0v) is 12.4. The van der Waals surface area contributed by atoms with Crippen LogP contribution in [-0.2, 0) is 9.84 Å². The summed E-state index contributed by atoms with van der Waals surface area (Å²) in [5.41, 5.74) is 0.366. The third kappa shape index (κ3) is 3.06. The first-order chi connectivity index (χ1) is 9.46. The molecule has 0 saturated carbocycles. The smallest absolute Gasteiger partial charge is 0.341 e. The number of sulfone groups is 1. The third-order valence-corrected chi connectivity index (χ3v) is 5.20. The van der Waals surface area contributed by atoms with Crippen molar-refractivity contribution < 1.29 is 17.2 Å². The van der Waals surface area contributed by atoms with Crippen molar-refractivity contribution in [3.8, 4) is 0 Å². The number of anilines is 1. The molecule has 1 unspecified atom stereocenters. The molecule has 1 aromatic rings. The Bertz CT molecular complexity index is 565. The summed E-state index contributed by atoms with van der Waals surface area (Å²) in [5, 5.41) is 0. The van der Waals surface area contributed by atoms with Crippen molar-refractivity contribution in [1.29, 1.82) is 0 Å². The van der Waals surface area contributed by atoms with Gasteiger partial charge in [0.1, 0.15) is 0 Å². The maximum absolute atomic E-state index is 12.7. The van der Waals surface area contributed by atoms with E-state index in [0.717, 1.165) is 12.8 Å². The van der Waals surface area contributed by atoms with Gasteiger partial charge < -0.3 is 4.90 Å². The number of alkyl halides is 3. The molecule has 0 bridgehead atoms. The highest BCUT2D eigenvalue weighted by Gasteiger charge is 2.32. The van der Waals surface area contributed by atoms with Crippen molar-refractivity contribution in [3.63, 3.8) is 0 Å². The molecule has 3 nitrogen and oxygen atoms in total. The molecule has 0 spiro atoms. The Balaban J connectivity index is 2.30. The zero-order chi connectivity index (χ0) is 14.8. The Morgan fingerprint density at radius 1 is 1.35 bits per heavy atom. The molecule has 1 heterocycles. The lowest BCUT2D eigenvalue weighted by Crippen LogP contribution is -2.23. The SMILES string of the molecule is O=S(=O)(c1ccccc1N1CCC(CCCl)C1)C(F)F. The fourth-order valence-electron chi connectivity index (χ4n) is 2.50. The van der Waals surface area contributed by atoms with Crippen LogP contribution in [0.3, 0.4) is 0 Å². The molecule has 0 aromatic heterocycles. The zero-order valence-electron chi connectivity index (χ0n) is 10.8. The molecule has 20 heavy (non-hydrogen) atoms. The quantitative estimate of drug-likeness (QED) is 0.781. The van der Waals surface area contributed by atoms with Gasteiger partial charge in [0, 0.05) is 19.0 Å². The summed E-state index contributed by atoms with van der Waals surface area (Å²) >= 11 is 5.71. The van der Waals surface area contributed by atoms with Crippen molar-refractivity contribution in [1.82, 2.24) is 0 Å². The first-order valence-electron chi connectivity index (χ1n) is 6.39. The minimum Gasteiger partial charge on any atom is -0.370 e. The largest absolute Gasteiger partial charge is 0.370 e. The molecule has 0 amide bonds. The average molecular weight is 324 g/mol. The second-order valence-corrected chi connectivity index (χ2v) is 7.12. The van der Waals surface area contributed by atoms with Crippen LogP contribution in [0.1, 0.15) is 12.8 Å².